The van der Waals surface area contributed by atoms with Crippen molar-refractivity contribution in [3.05, 3.63) is 17.8 Å². The molecule has 0 radical (unpaired) electrons. The second kappa shape index (κ2) is 4.82. The summed E-state index contributed by atoms with van der Waals surface area (Å²) in [6, 6.07) is 0.831. The van der Waals surface area contributed by atoms with Crippen molar-refractivity contribution >= 4 is 33.4 Å². The Kier molecular flexibility index (Phi) is 3.65. The fraction of sp³-hybridized carbons (Fsp3) is 0.333. The molecule has 2 rings (SSSR count). The van der Waals surface area contributed by atoms with Crippen molar-refractivity contribution in [1.82, 2.24) is 9.97 Å². The van der Waals surface area contributed by atoms with Gasteiger partial charge in [0.05, 0.1) is 16.0 Å². The van der Waals surface area contributed by atoms with Crippen LogP contribution in [0.15, 0.2) is 16.6 Å². The van der Waals surface area contributed by atoms with Crippen molar-refractivity contribution in [3.63, 3.8) is 0 Å². The van der Waals surface area contributed by atoms with Crippen LogP contribution in [0.2, 0.25) is 0 Å². The first-order chi connectivity index (χ1) is 8.65. The molecule has 19 heavy (non-hydrogen) atoms. The Bertz CT molecular complexity index is 588. The Morgan fingerprint density at radius 3 is 2.42 bits per heavy atom. The van der Waals surface area contributed by atoms with Crippen LogP contribution in [0.5, 0.6) is 0 Å². The molecule has 0 bridgehead atoms. The topological polar surface area (TPSA) is 25.8 Å². The van der Waals surface area contributed by atoms with Gasteiger partial charge in [0.25, 0.3) is 0 Å². The van der Waals surface area contributed by atoms with Gasteiger partial charge in [0.15, 0.2) is 9.99 Å². The molecular formula is C9H4F6N2S2. The highest BCUT2D eigenvalue weighted by Crippen LogP contribution is 2.35. The number of halogens is 6. The number of pyridine rings is 1. The molecule has 0 aliphatic rings. The van der Waals surface area contributed by atoms with Crippen LogP contribution in [0.25, 0.3) is 10.3 Å². The molecule has 0 aliphatic heterocycles. The standard InChI is InChI=1S/C9H4F6N2S2/c10-8(11,12)3-18-7-17-6-5(19-7)1-4(2-16-6)9(13,14)15/h1-2H,3H2. The van der Waals surface area contributed by atoms with Gasteiger partial charge in [-0.15, -0.1) is 11.3 Å². The largest absolute Gasteiger partial charge is 0.417 e. The van der Waals surface area contributed by atoms with Gasteiger partial charge in [0.2, 0.25) is 0 Å². The van der Waals surface area contributed by atoms with Crippen molar-refractivity contribution < 1.29 is 26.3 Å². The van der Waals surface area contributed by atoms with E-state index in [1.54, 1.807) is 0 Å². The zero-order valence-electron chi connectivity index (χ0n) is 8.84. The minimum absolute atomic E-state index is 0.0164. The summed E-state index contributed by atoms with van der Waals surface area (Å²) in [5.74, 6) is -1.14. The molecule has 0 saturated heterocycles. The zero-order chi connectivity index (χ0) is 14.3. The van der Waals surface area contributed by atoms with E-state index in [0.29, 0.717) is 18.0 Å². The van der Waals surface area contributed by atoms with Gasteiger partial charge >= 0.3 is 12.4 Å². The third-order valence-electron chi connectivity index (χ3n) is 1.91. The highest BCUT2D eigenvalue weighted by atomic mass is 32.2. The molecule has 104 valence electrons. The lowest BCUT2D eigenvalue weighted by Crippen LogP contribution is -2.10. The molecule has 2 heterocycles. The number of hydrogen-bond acceptors (Lipinski definition) is 4. The summed E-state index contributed by atoms with van der Waals surface area (Å²) >= 11 is 1.19. The third kappa shape index (κ3) is 3.72. The summed E-state index contributed by atoms with van der Waals surface area (Å²) in [7, 11) is 0. The molecule has 2 nitrogen and oxygen atoms in total. The number of alkyl halides is 6. The summed E-state index contributed by atoms with van der Waals surface area (Å²) in [4.78, 5) is 7.24. The van der Waals surface area contributed by atoms with Gasteiger partial charge in [0.1, 0.15) is 0 Å². The predicted octanol–water partition coefficient (Wildman–Crippen LogP) is 4.36. The average Bonchev–Trinajstić information content (AvgIpc) is 2.65. The summed E-state index contributed by atoms with van der Waals surface area (Å²) < 4.78 is 73.4. The second-order valence-electron chi connectivity index (χ2n) is 3.43. The van der Waals surface area contributed by atoms with Gasteiger partial charge in [-0.3, -0.25) is 0 Å². The maximum absolute atomic E-state index is 12.4. The number of rotatable bonds is 2. The molecule has 2 aromatic heterocycles. The number of aromatic nitrogens is 2. The Morgan fingerprint density at radius 1 is 1.16 bits per heavy atom. The fourth-order valence-corrected chi connectivity index (χ4v) is 2.98. The van der Waals surface area contributed by atoms with Crippen LogP contribution in [0.1, 0.15) is 5.56 Å². The third-order valence-corrected chi connectivity index (χ3v) is 4.11. The fourth-order valence-electron chi connectivity index (χ4n) is 1.16. The van der Waals surface area contributed by atoms with Gasteiger partial charge in [-0.25, -0.2) is 9.97 Å². The van der Waals surface area contributed by atoms with Crippen LogP contribution in [0.4, 0.5) is 26.3 Å². The summed E-state index contributed by atoms with van der Waals surface area (Å²) in [6.07, 6.45) is -8.28. The number of nitrogens with zero attached hydrogens (tertiary/aromatic N) is 2. The monoisotopic (exact) mass is 318 g/mol. The van der Waals surface area contributed by atoms with E-state index in [9.17, 15) is 26.3 Å². The SMILES string of the molecule is FC(F)(F)CSc1nc2ncc(C(F)(F)F)cc2s1. The molecule has 0 N–H and O–H groups in total. The van der Waals surface area contributed by atoms with Crippen LogP contribution < -0.4 is 0 Å². The molecular weight excluding hydrogens is 314 g/mol. The lowest BCUT2D eigenvalue weighted by molar-refractivity contribution is -0.137. The predicted molar refractivity (Wildman–Crippen MR) is 59.2 cm³/mol. The van der Waals surface area contributed by atoms with Crippen LogP contribution in [0.3, 0.4) is 0 Å². The highest BCUT2D eigenvalue weighted by molar-refractivity contribution is 8.01. The molecule has 0 amide bonds. The lowest BCUT2D eigenvalue weighted by atomic mass is 10.3. The average molecular weight is 318 g/mol. The van der Waals surface area contributed by atoms with E-state index in [4.69, 9.17) is 0 Å². The van der Waals surface area contributed by atoms with E-state index >= 15 is 0 Å². The molecule has 0 unspecified atom stereocenters. The van der Waals surface area contributed by atoms with Crippen molar-refractivity contribution in [3.8, 4) is 0 Å². The summed E-state index contributed by atoms with van der Waals surface area (Å²) in [6.45, 7) is 0. The Labute approximate surface area is 110 Å². The molecule has 0 spiro atoms. The lowest BCUT2D eigenvalue weighted by Gasteiger charge is -2.04. The number of thiazole rings is 1. The van der Waals surface area contributed by atoms with Gasteiger partial charge in [-0.05, 0) is 6.07 Å². The molecule has 2 aromatic rings. The Morgan fingerprint density at radius 2 is 1.84 bits per heavy atom. The van der Waals surface area contributed by atoms with Gasteiger partial charge in [-0.2, -0.15) is 26.3 Å². The molecule has 0 atom stereocenters. The van der Waals surface area contributed by atoms with Gasteiger partial charge in [0, 0.05) is 6.20 Å². The van der Waals surface area contributed by atoms with Crippen LogP contribution in [-0.4, -0.2) is 21.9 Å². The smallest absolute Gasteiger partial charge is 0.235 e. The highest BCUT2D eigenvalue weighted by Gasteiger charge is 2.32. The van der Waals surface area contributed by atoms with Crippen LogP contribution in [-0.2, 0) is 6.18 Å². The Hall–Kier alpha value is -1.03. The van der Waals surface area contributed by atoms with Crippen molar-refractivity contribution in [2.45, 2.75) is 16.7 Å². The van der Waals surface area contributed by atoms with Crippen molar-refractivity contribution in [2.24, 2.45) is 0 Å². The van der Waals surface area contributed by atoms with E-state index in [0.717, 1.165) is 17.4 Å². The van der Waals surface area contributed by atoms with Crippen molar-refractivity contribution in [2.75, 3.05) is 5.75 Å². The first-order valence-corrected chi connectivity index (χ1v) is 6.49. The van der Waals surface area contributed by atoms with Crippen molar-refractivity contribution in [1.29, 1.82) is 0 Å². The molecule has 0 fully saturated rings. The van der Waals surface area contributed by atoms with E-state index < -0.39 is 23.7 Å². The van der Waals surface area contributed by atoms with Crippen LogP contribution in [0, 0.1) is 0 Å². The second-order valence-corrected chi connectivity index (χ2v) is 5.68. The maximum atomic E-state index is 12.4. The summed E-state index contributed by atoms with van der Waals surface area (Å²) in [5.41, 5.74) is -0.932. The number of thioether (sulfide) groups is 1. The zero-order valence-corrected chi connectivity index (χ0v) is 10.5. The van der Waals surface area contributed by atoms with E-state index in [2.05, 4.69) is 9.97 Å². The molecule has 0 saturated carbocycles. The Balaban J connectivity index is 2.26. The quantitative estimate of drug-likeness (QED) is 0.607. The normalized spacial score (nSPS) is 13.2. The first-order valence-electron chi connectivity index (χ1n) is 4.68. The summed E-state index contributed by atoms with van der Waals surface area (Å²) in [5, 5.41) is 0. The van der Waals surface area contributed by atoms with Gasteiger partial charge < -0.3 is 0 Å². The number of fused-ring (bicyclic) bond motifs is 1. The van der Waals surface area contributed by atoms with E-state index in [1.807, 2.05) is 0 Å². The molecule has 10 heteroatoms. The van der Waals surface area contributed by atoms with Crippen LogP contribution >= 0.6 is 23.1 Å². The minimum Gasteiger partial charge on any atom is -0.235 e. The van der Waals surface area contributed by atoms with E-state index in [1.165, 1.54) is 0 Å². The molecule has 0 aromatic carbocycles. The minimum atomic E-state index is -4.54. The number of hydrogen-bond donors (Lipinski definition) is 0. The molecule has 0 aliphatic carbocycles. The van der Waals surface area contributed by atoms with Gasteiger partial charge in [-0.1, -0.05) is 11.8 Å². The maximum Gasteiger partial charge on any atom is 0.417 e. The van der Waals surface area contributed by atoms with E-state index in [-0.39, 0.29) is 14.7 Å². The first kappa shape index (κ1) is 14.4.